The number of thioether (sulfide) groups is 1. The minimum Gasteiger partial charge on any atom is -0.165 e. The first-order valence-corrected chi connectivity index (χ1v) is 5.89. The van der Waals surface area contributed by atoms with Gasteiger partial charge in [-0.15, -0.1) is 0 Å². The maximum Gasteiger partial charge on any atom is 0.00882 e. The number of hydrogen-bond donors (Lipinski definition) is 0. The fraction of sp³-hybridized carbons (Fsp3) is 1.00. The molecule has 0 aromatic heterocycles. The molecule has 0 radical (unpaired) electrons. The molecule has 0 atom stereocenters. The standard InChI is InChI=1S/C7H13BrS/c1-9-5-4-7(6-8)2-3-7/h2-6H2,1H3. The van der Waals surface area contributed by atoms with Gasteiger partial charge in [0.2, 0.25) is 0 Å². The average molecular weight is 209 g/mol. The second-order valence-electron chi connectivity index (χ2n) is 2.88. The molecule has 1 aliphatic carbocycles. The zero-order chi connectivity index (χ0) is 6.74. The predicted molar refractivity (Wildman–Crippen MR) is 48.5 cm³/mol. The zero-order valence-corrected chi connectivity index (χ0v) is 8.22. The second kappa shape index (κ2) is 3.29. The molecule has 0 amide bonds. The van der Waals surface area contributed by atoms with E-state index in [1.165, 1.54) is 30.3 Å². The Bertz CT molecular complexity index is 88.9. The highest BCUT2D eigenvalue weighted by Crippen LogP contribution is 2.50. The molecule has 0 heterocycles. The summed E-state index contributed by atoms with van der Waals surface area (Å²) in [7, 11) is 0. The van der Waals surface area contributed by atoms with Crippen molar-refractivity contribution in [2.24, 2.45) is 5.41 Å². The summed E-state index contributed by atoms with van der Waals surface area (Å²) in [6, 6.07) is 0. The van der Waals surface area contributed by atoms with Crippen LogP contribution in [0, 0.1) is 5.41 Å². The maximum atomic E-state index is 3.55. The van der Waals surface area contributed by atoms with E-state index < -0.39 is 0 Å². The molecule has 54 valence electrons. The van der Waals surface area contributed by atoms with Crippen LogP contribution >= 0.6 is 27.7 Å². The monoisotopic (exact) mass is 208 g/mol. The average Bonchev–Trinajstić information content (AvgIpc) is 2.65. The highest BCUT2D eigenvalue weighted by Gasteiger charge is 2.40. The molecule has 1 rings (SSSR count). The van der Waals surface area contributed by atoms with Crippen LogP contribution in [0.5, 0.6) is 0 Å². The Hall–Kier alpha value is 0.830. The summed E-state index contributed by atoms with van der Waals surface area (Å²) in [6.07, 6.45) is 6.52. The van der Waals surface area contributed by atoms with Crippen LogP contribution in [0.2, 0.25) is 0 Å². The van der Waals surface area contributed by atoms with Gasteiger partial charge in [0.1, 0.15) is 0 Å². The van der Waals surface area contributed by atoms with E-state index in [0.29, 0.717) is 0 Å². The van der Waals surface area contributed by atoms with Gasteiger partial charge in [0.05, 0.1) is 0 Å². The molecule has 1 saturated carbocycles. The van der Waals surface area contributed by atoms with Crippen molar-refractivity contribution in [3.8, 4) is 0 Å². The molecular formula is C7H13BrS. The molecule has 0 aliphatic heterocycles. The summed E-state index contributed by atoms with van der Waals surface area (Å²) in [4.78, 5) is 0. The summed E-state index contributed by atoms with van der Waals surface area (Å²) >= 11 is 5.52. The van der Waals surface area contributed by atoms with Crippen LogP contribution in [0.1, 0.15) is 19.3 Å². The molecular weight excluding hydrogens is 196 g/mol. The van der Waals surface area contributed by atoms with Crippen LogP contribution in [-0.4, -0.2) is 17.3 Å². The van der Waals surface area contributed by atoms with E-state index in [0.717, 1.165) is 5.41 Å². The van der Waals surface area contributed by atoms with Crippen molar-refractivity contribution in [3.05, 3.63) is 0 Å². The molecule has 0 saturated heterocycles. The Balaban J connectivity index is 2.10. The van der Waals surface area contributed by atoms with Gasteiger partial charge in [-0.25, -0.2) is 0 Å². The highest BCUT2D eigenvalue weighted by atomic mass is 79.9. The summed E-state index contributed by atoms with van der Waals surface area (Å²) < 4.78 is 0. The van der Waals surface area contributed by atoms with Crippen molar-refractivity contribution in [3.63, 3.8) is 0 Å². The Morgan fingerprint density at radius 1 is 1.56 bits per heavy atom. The number of hydrogen-bond acceptors (Lipinski definition) is 1. The van der Waals surface area contributed by atoms with Gasteiger partial charge < -0.3 is 0 Å². The minimum absolute atomic E-state index is 0.739. The molecule has 1 aliphatic rings. The van der Waals surface area contributed by atoms with Gasteiger partial charge in [-0.3, -0.25) is 0 Å². The van der Waals surface area contributed by atoms with E-state index in [4.69, 9.17) is 0 Å². The van der Waals surface area contributed by atoms with Crippen molar-refractivity contribution in [2.75, 3.05) is 17.3 Å². The van der Waals surface area contributed by atoms with Crippen LogP contribution in [0.15, 0.2) is 0 Å². The van der Waals surface area contributed by atoms with Crippen molar-refractivity contribution < 1.29 is 0 Å². The van der Waals surface area contributed by atoms with Gasteiger partial charge in [-0.2, -0.15) is 11.8 Å². The van der Waals surface area contributed by atoms with Crippen LogP contribution in [0.4, 0.5) is 0 Å². The van der Waals surface area contributed by atoms with E-state index in [1.807, 2.05) is 11.8 Å². The molecule has 0 aromatic rings. The molecule has 0 spiro atoms. The van der Waals surface area contributed by atoms with Gasteiger partial charge in [0.25, 0.3) is 0 Å². The summed E-state index contributed by atoms with van der Waals surface area (Å²) in [6.45, 7) is 0. The van der Waals surface area contributed by atoms with Crippen molar-refractivity contribution in [1.29, 1.82) is 0 Å². The van der Waals surface area contributed by atoms with Gasteiger partial charge in [0.15, 0.2) is 0 Å². The smallest absolute Gasteiger partial charge is 0.00882 e. The van der Waals surface area contributed by atoms with E-state index in [2.05, 4.69) is 22.2 Å². The van der Waals surface area contributed by atoms with Gasteiger partial charge in [-0.1, -0.05) is 15.9 Å². The van der Waals surface area contributed by atoms with Crippen LogP contribution in [0.3, 0.4) is 0 Å². The normalized spacial score (nSPS) is 22.0. The summed E-state index contributed by atoms with van der Waals surface area (Å²) in [5.41, 5.74) is 0.739. The maximum absolute atomic E-state index is 3.55. The Morgan fingerprint density at radius 2 is 2.22 bits per heavy atom. The number of halogens is 1. The quantitative estimate of drug-likeness (QED) is 0.641. The Kier molecular flexibility index (Phi) is 2.90. The van der Waals surface area contributed by atoms with E-state index in [1.54, 1.807) is 0 Å². The summed E-state index contributed by atoms with van der Waals surface area (Å²) in [5, 5.41) is 1.22. The number of rotatable bonds is 4. The van der Waals surface area contributed by atoms with E-state index in [9.17, 15) is 0 Å². The lowest BCUT2D eigenvalue weighted by Crippen LogP contribution is -2.02. The van der Waals surface area contributed by atoms with Gasteiger partial charge in [0, 0.05) is 5.33 Å². The third-order valence-electron chi connectivity index (χ3n) is 2.08. The molecule has 2 heteroatoms. The van der Waals surface area contributed by atoms with Gasteiger partial charge >= 0.3 is 0 Å². The van der Waals surface area contributed by atoms with Crippen LogP contribution in [-0.2, 0) is 0 Å². The first kappa shape index (κ1) is 7.93. The summed E-state index contributed by atoms with van der Waals surface area (Å²) in [5.74, 6) is 1.34. The lowest BCUT2D eigenvalue weighted by atomic mass is 10.1. The topological polar surface area (TPSA) is 0 Å². The van der Waals surface area contributed by atoms with Crippen LogP contribution < -0.4 is 0 Å². The fourth-order valence-electron chi connectivity index (χ4n) is 0.946. The fourth-order valence-corrected chi connectivity index (χ4v) is 2.42. The first-order chi connectivity index (χ1) is 4.33. The molecule has 0 aromatic carbocycles. The molecule has 0 bridgehead atoms. The minimum atomic E-state index is 0.739. The first-order valence-electron chi connectivity index (χ1n) is 3.38. The van der Waals surface area contributed by atoms with E-state index >= 15 is 0 Å². The predicted octanol–water partition coefficient (Wildman–Crippen LogP) is 2.91. The second-order valence-corrected chi connectivity index (χ2v) is 4.42. The van der Waals surface area contributed by atoms with E-state index in [-0.39, 0.29) is 0 Å². The Labute approximate surface area is 69.9 Å². The lowest BCUT2D eigenvalue weighted by Gasteiger charge is -2.08. The molecule has 1 fully saturated rings. The van der Waals surface area contributed by atoms with Crippen molar-refractivity contribution in [2.45, 2.75) is 19.3 Å². The zero-order valence-electron chi connectivity index (χ0n) is 5.82. The molecule has 0 nitrogen and oxygen atoms in total. The van der Waals surface area contributed by atoms with Crippen molar-refractivity contribution >= 4 is 27.7 Å². The van der Waals surface area contributed by atoms with Gasteiger partial charge in [-0.05, 0) is 36.7 Å². The largest absolute Gasteiger partial charge is 0.165 e. The molecule has 0 N–H and O–H groups in total. The molecule has 0 unspecified atom stereocenters. The highest BCUT2D eigenvalue weighted by molar-refractivity contribution is 9.09. The van der Waals surface area contributed by atoms with Crippen LogP contribution in [0.25, 0.3) is 0 Å². The number of alkyl halides is 1. The SMILES string of the molecule is CSCCC1(CBr)CC1. The Morgan fingerprint density at radius 3 is 2.56 bits per heavy atom. The van der Waals surface area contributed by atoms with Crippen molar-refractivity contribution in [1.82, 2.24) is 0 Å². The third kappa shape index (κ3) is 2.15. The third-order valence-corrected chi connectivity index (χ3v) is 3.88. The molecule has 9 heavy (non-hydrogen) atoms. The lowest BCUT2D eigenvalue weighted by molar-refractivity contribution is 0.572.